The molecule has 1 aliphatic rings. The standard InChI is InChI=1S/C20H19Cl2F3N2O5S/c21-14-2-4-16(5-3-14)33(30,31)27(11-19(29)26-7-8-32-15(10-26)12-28)18-9-13(20(23,24)25)1-6-17(18)22/h1-6,9,15,28H,7-8,10-12H2. The SMILES string of the molecule is O=C(CN(c1cc(C(F)(F)F)ccc1Cl)S(=O)(=O)c1ccc(Cl)cc1)N1CCOC(CO)C1. The Morgan fingerprint density at radius 3 is 2.45 bits per heavy atom. The maximum absolute atomic E-state index is 13.4. The molecule has 13 heteroatoms. The van der Waals surface area contributed by atoms with Crippen molar-refractivity contribution in [2.45, 2.75) is 17.2 Å². The van der Waals surface area contributed by atoms with Crippen molar-refractivity contribution in [3.63, 3.8) is 0 Å². The minimum absolute atomic E-state index is 0.000485. The number of nitrogens with zero attached hydrogens (tertiary/aromatic N) is 2. The number of sulfonamides is 1. The second-order valence-electron chi connectivity index (χ2n) is 7.14. The topological polar surface area (TPSA) is 87.2 Å². The first-order chi connectivity index (χ1) is 15.4. The molecule has 0 radical (unpaired) electrons. The fourth-order valence-electron chi connectivity index (χ4n) is 3.19. The van der Waals surface area contributed by atoms with Crippen molar-refractivity contribution < 1.29 is 36.2 Å². The van der Waals surface area contributed by atoms with E-state index in [2.05, 4.69) is 0 Å². The number of aliphatic hydroxyl groups excluding tert-OH is 1. The van der Waals surface area contributed by atoms with Gasteiger partial charge in [-0.1, -0.05) is 23.2 Å². The summed E-state index contributed by atoms with van der Waals surface area (Å²) in [5.41, 5.74) is -1.63. The number of halogens is 5. The summed E-state index contributed by atoms with van der Waals surface area (Å²) < 4.78 is 72.6. The quantitative estimate of drug-likeness (QED) is 0.623. The molecule has 33 heavy (non-hydrogen) atoms. The van der Waals surface area contributed by atoms with Crippen LogP contribution in [-0.4, -0.2) is 63.3 Å². The Morgan fingerprint density at radius 2 is 1.85 bits per heavy atom. The van der Waals surface area contributed by atoms with Crippen LogP contribution in [0, 0.1) is 0 Å². The summed E-state index contributed by atoms with van der Waals surface area (Å²) in [4.78, 5) is 14.0. The second-order valence-corrected chi connectivity index (χ2v) is 9.85. The monoisotopic (exact) mass is 526 g/mol. The molecule has 0 aromatic heterocycles. The Labute approximate surface area is 198 Å². The normalized spacial score (nSPS) is 17.2. The molecular weight excluding hydrogens is 508 g/mol. The molecule has 1 saturated heterocycles. The third kappa shape index (κ3) is 5.90. The smallest absolute Gasteiger partial charge is 0.394 e. The van der Waals surface area contributed by atoms with E-state index in [1.54, 1.807) is 0 Å². The second kappa shape index (κ2) is 10.1. The van der Waals surface area contributed by atoms with Crippen LogP contribution >= 0.6 is 23.2 Å². The molecule has 1 unspecified atom stereocenters. The number of morpholine rings is 1. The first-order valence-electron chi connectivity index (χ1n) is 9.59. The van der Waals surface area contributed by atoms with E-state index >= 15 is 0 Å². The zero-order chi connectivity index (χ0) is 24.4. The summed E-state index contributed by atoms with van der Waals surface area (Å²) in [7, 11) is -4.51. The van der Waals surface area contributed by atoms with E-state index in [1.165, 1.54) is 29.2 Å². The van der Waals surface area contributed by atoms with Crippen molar-refractivity contribution in [3.8, 4) is 0 Å². The van der Waals surface area contributed by atoms with Crippen molar-refractivity contribution in [1.29, 1.82) is 0 Å². The number of ether oxygens (including phenoxy) is 1. The highest BCUT2D eigenvalue weighted by molar-refractivity contribution is 7.92. The zero-order valence-corrected chi connectivity index (χ0v) is 19.3. The molecule has 2 aromatic carbocycles. The average Bonchev–Trinajstić information content (AvgIpc) is 2.77. The Hall–Kier alpha value is -2.05. The van der Waals surface area contributed by atoms with Gasteiger partial charge in [-0.25, -0.2) is 8.42 Å². The van der Waals surface area contributed by atoms with Crippen LogP contribution in [0.3, 0.4) is 0 Å². The Bertz CT molecular complexity index is 1110. The van der Waals surface area contributed by atoms with Crippen LogP contribution in [0.15, 0.2) is 47.4 Å². The van der Waals surface area contributed by atoms with E-state index in [9.17, 15) is 31.5 Å². The third-order valence-corrected chi connectivity index (χ3v) is 7.26. The number of alkyl halides is 3. The van der Waals surface area contributed by atoms with E-state index < -0.39 is 46.0 Å². The minimum Gasteiger partial charge on any atom is -0.394 e. The first kappa shape index (κ1) is 25.6. The van der Waals surface area contributed by atoms with Gasteiger partial charge in [0.05, 0.1) is 40.5 Å². The molecule has 0 spiro atoms. The summed E-state index contributed by atoms with van der Waals surface area (Å²) in [6, 6.07) is 7.17. The van der Waals surface area contributed by atoms with E-state index in [4.69, 9.17) is 27.9 Å². The molecule has 3 rings (SSSR count). The number of anilines is 1. The summed E-state index contributed by atoms with van der Waals surface area (Å²) in [6.07, 6.45) is -5.42. The highest BCUT2D eigenvalue weighted by Crippen LogP contribution is 2.37. The molecule has 1 fully saturated rings. The van der Waals surface area contributed by atoms with Gasteiger partial charge in [0.1, 0.15) is 6.54 Å². The molecule has 7 nitrogen and oxygen atoms in total. The van der Waals surface area contributed by atoms with Gasteiger partial charge in [0.25, 0.3) is 10.0 Å². The van der Waals surface area contributed by atoms with Crippen LogP contribution in [0.1, 0.15) is 5.56 Å². The van der Waals surface area contributed by atoms with Gasteiger partial charge >= 0.3 is 6.18 Å². The number of hydrogen-bond donors (Lipinski definition) is 1. The molecule has 1 aliphatic heterocycles. The Balaban J connectivity index is 2.06. The summed E-state index contributed by atoms with van der Waals surface area (Å²) in [5.74, 6) is -0.692. The molecule has 1 N–H and O–H groups in total. The molecule has 0 bridgehead atoms. The van der Waals surface area contributed by atoms with E-state index in [0.29, 0.717) is 16.4 Å². The van der Waals surface area contributed by atoms with Crippen molar-refractivity contribution in [2.75, 3.05) is 37.2 Å². The van der Waals surface area contributed by atoms with Gasteiger partial charge < -0.3 is 14.7 Å². The fourth-order valence-corrected chi connectivity index (χ4v) is 5.01. The van der Waals surface area contributed by atoms with E-state index in [-0.39, 0.29) is 41.2 Å². The minimum atomic E-state index is -4.77. The zero-order valence-electron chi connectivity index (χ0n) is 16.9. The maximum atomic E-state index is 13.4. The average molecular weight is 527 g/mol. The largest absolute Gasteiger partial charge is 0.416 e. The van der Waals surface area contributed by atoms with Crippen LogP contribution in [-0.2, 0) is 25.7 Å². The predicted octanol–water partition coefficient (Wildman–Crippen LogP) is 3.43. The number of aliphatic hydroxyl groups is 1. The summed E-state index contributed by atoms with van der Waals surface area (Å²) in [5, 5.41) is 9.25. The van der Waals surface area contributed by atoms with Gasteiger partial charge in [0.15, 0.2) is 0 Å². The van der Waals surface area contributed by atoms with Crippen LogP contribution < -0.4 is 4.31 Å². The first-order valence-corrected chi connectivity index (χ1v) is 11.8. The van der Waals surface area contributed by atoms with Gasteiger partial charge in [-0.2, -0.15) is 13.2 Å². The Kier molecular flexibility index (Phi) is 7.80. The van der Waals surface area contributed by atoms with Crippen molar-refractivity contribution in [1.82, 2.24) is 4.90 Å². The fraction of sp³-hybridized carbons (Fsp3) is 0.350. The predicted molar refractivity (Wildman–Crippen MR) is 116 cm³/mol. The van der Waals surface area contributed by atoms with Crippen LogP contribution in [0.25, 0.3) is 0 Å². The molecular formula is C20H19Cl2F3N2O5S. The molecule has 1 heterocycles. The van der Waals surface area contributed by atoms with E-state index in [1.807, 2.05) is 0 Å². The summed E-state index contributed by atoms with van der Waals surface area (Å²) >= 11 is 11.9. The number of hydrogen-bond acceptors (Lipinski definition) is 5. The molecule has 0 aliphatic carbocycles. The van der Waals surface area contributed by atoms with Crippen LogP contribution in [0.5, 0.6) is 0 Å². The van der Waals surface area contributed by atoms with Crippen molar-refractivity contribution >= 4 is 44.8 Å². The molecule has 180 valence electrons. The maximum Gasteiger partial charge on any atom is 0.416 e. The number of rotatable bonds is 6. The van der Waals surface area contributed by atoms with Gasteiger partial charge in [-0.3, -0.25) is 9.10 Å². The lowest BCUT2D eigenvalue weighted by Crippen LogP contribution is -2.50. The van der Waals surface area contributed by atoms with Crippen molar-refractivity contribution in [3.05, 3.63) is 58.1 Å². The number of carbonyl (C=O) groups is 1. The van der Waals surface area contributed by atoms with Crippen molar-refractivity contribution in [2.24, 2.45) is 0 Å². The van der Waals surface area contributed by atoms with Crippen LogP contribution in [0.2, 0.25) is 10.0 Å². The highest BCUT2D eigenvalue weighted by atomic mass is 35.5. The lowest BCUT2D eigenvalue weighted by molar-refractivity contribution is -0.138. The number of carbonyl (C=O) groups excluding carboxylic acids is 1. The third-order valence-electron chi connectivity index (χ3n) is 4.92. The molecule has 2 aromatic rings. The van der Waals surface area contributed by atoms with Crippen LogP contribution in [0.4, 0.5) is 18.9 Å². The molecule has 0 saturated carbocycles. The van der Waals surface area contributed by atoms with Gasteiger partial charge in [-0.05, 0) is 42.5 Å². The number of amides is 1. The lowest BCUT2D eigenvalue weighted by Gasteiger charge is -2.34. The summed E-state index contributed by atoms with van der Waals surface area (Å²) in [6.45, 7) is -0.924. The number of benzene rings is 2. The van der Waals surface area contributed by atoms with E-state index in [0.717, 1.165) is 6.07 Å². The Morgan fingerprint density at radius 1 is 1.18 bits per heavy atom. The molecule has 1 atom stereocenters. The van der Waals surface area contributed by atoms with Gasteiger partial charge in [0.2, 0.25) is 5.91 Å². The highest BCUT2D eigenvalue weighted by Gasteiger charge is 2.35. The molecule has 1 amide bonds. The van der Waals surface area contributed by atoms with Gasteiger partial charge in [-0.15, -0.1) is 0 Å². The van der Waals surface area contributed by atoms with Gasteiger partial charge in [0, 0.05) is 18.1 Å². The lowest BCUT2D eigenvalue weighted by atomic mass is 10.2.